The van der Waals surface area contributed by atoms with Crippen LogP contribution in [0.1, 0.15) is 48.9 Å². The van der Waals surface area contributed by atoms with E-state index in [1.54, 1.807) is 24.7 Å². The molecule has 7 nitrogen and oxygen atoms in total. The standard InChI is InChI=1S/C20H22FN5O2/c1-10-17-15(8-20(3,4)9-16(17)28)26(23-10)12-6-13(21)18-14(7-12)25(5)24-19(18)22-11(2)27/h6-7H,8-9H2,1-5H3,(H,22,24,27). The van der Waals surface area contributed by atoms with Gasteiger partial charge in [0, 0.05) is 26.5 Å². The number of nitrogens with one attached hydrogen (secondary N) is 1. The van der Waals surface area contributed by atoms with Gasteiger partial charge in [0.25, 0.3) is 0 Å². The lowest BCUT2D eigenvalue weighted by molar-refractivity contribution is -0.114. The summed E-state index contributed by atoms with van der Waals surface area (Å²) in [5, 5.41) is 11.6. The number of aryl methyl sites for hydroxylation is 2. The van der Waals surface area contributed by atoms with Gasteiger partial charge in [-0.25, -0.2) is 9.07 Å². The lowest BCUT2D eigenvalue weighted by Crippen LogP contribution is -2.28. The zero-order chi connectivity index (χ0) is 20.4. The van der Waals surface area contributed by atoms with Crippen LogP contribution in [0.5, 0.6) is 0 Å². The summed E-state index contributed by atoms with van der Waals surface area (Å²) in [7, 11) is 1.69. The largest absolute Gasteiger partial charge is 0.309 e. The Labute approximate surface area is 161 Å². The van der Waals surface area contributed by atoms with Crippen LogP contribution in [0, 0.1) is 18.2 Å². The van der Waals surface area contributed by atoms with E-state index in [-0.39, 0.29) is 28.3 Å². The second-order valence-corrected chi connectivity index (χ2v) is 8.23. The SMILES string of the molecule is CC(=O)Nc1nn(C)c2cc(-n3nc(C)c4c3CC(C)(C)CC4=O)cc(F)c12. The van der Waals surface area contributed by atoms with Gasteiger partial charge in [0.05, 0.1) is 33.5 Å². The average Bonchev–Trinajstić information content (AvgIpc) is 3.03. The van der Waals surface area contributed by atoms with E-state index in [1.165, 1.54) is 17.7 Å². The van der Waals surface area contributed by atoms with Gasteiger partial charge in [-0.3, -0.25) is 14.3 Å². The predicted octanol–water partition coefficient (Wildman–Crippen LogP) is 3.32. The van der Waals surface area contributed by atoms with Crippen LogP contribution in [0.15, 0.2) is 12.1 Å². The van der Waals surface area contributed by atoms with Crippen molar-refractivity contribution in [3.63, 3.8) is 0 Å². The number of hydrogen-bond acceptors (Lipinski definition) is 4. The second kappa shape index (κ2) is 5.98. The maximum atomic E-state index is 15.0. The summed E-state index contributed by atoms with van der Waals surface area (Å²) in [6, 6.07) is 3.14. The van der Waals surface area contributed by atoms with Crippen LogP contribution in [0.2, 0.25) is 0 Å². The molecule has 1 aliphatic rings. The van der Waals surface area contributed by atoms with E-state index in [0.29, 0.717) is 35.3 Å². The summed E-state index contributed by atoms with van der Waals surface area (Å²) in [4.78, 5) is 24.0. The number of amides is 1. The van der Waals surface area contributed by atoms with Gasteiger partial charge in [0.15, 0.2) is 11.6 Å². The Bertz CT molecular complexity index is 1160. The Morgan fingerprint density at radius 2 is 1.96 bits per heavy atom. The van der Waals surface area contributed by atoms with Crippen LogP contribution < -0.4 is 5.32 Å². The van der Waals surface area contributed by atoms with Crippen molar-refractivity contribution in [2.45, 2.75) is 40.5 Å². The molecule has 0 bridgehead atoms. The van der Waals surface area contributed by atoms with Gasteiger partial charge in [-0.2, -0.15) is 10.2 Å². The number of carbonyl (C=O) groups is 2. The molecule has 0 saturated carbocycles. The second-order valence-electron chi connectivity index (χ2n) is 8.23. The predicted molar refractivity (Wildman–Crippen MR) is 103 cm³/mol. The zero-order valence-corrected chi connectivity index (χ0v) is 16.6. The van der Waals surface area contributed by atoms with E-state index in [2.05, 4.69) is 15.5 Å². The highest BCUT2D eigenvalue weighted by atomic mass is 19.1. The fourth-order valence-corrected chi connectivity index (χ4v) is 4.05. The molecule has 2 heterocycles. The first kappa shape index (κ1) is 18.3. The fraction of sp³-hybridized carbons (Fsp3) is 0.400. The monoisotopic (exact) mass is 383 g/mol. The first-order valence-corrected chi connectivity index (χ1v) is 9.13. The van der Waals surface area contributed by atoms with Crippen molar-refractivity contribution in [3.8, 4) is 5.69 Å². The number of benzene rings is 1. The fourth-order valence-electron chi connectivity index (χ4n) is 4.05. The number of carbonyl (C=O) groups excluding carboxylic acids is 2. The molecule has 0 unspecified atom stereocenters. The van der Waals surface area contributed by atoms with Crippen molar-refractivity contribution in [1.82, 2.24) is 19.6 Å². The molecule has 1 aliphatic carbocycles. The summed E-state index contributed by atoms with van der Waals surface area (Å²) < 4.78 is 18.2. The average molecular weight is 383 g/mol. The maximum Gasteiger partial charge on any atom is 0.222 e. The number of aromatic nitrogens is 4. The minimum Gasteiger partial charge on any atom is -0.309 e. The maximum absolute atomic E-state index is 15.0. The van der Waals surface area contributed by atoms with E-state index in [0.717, 1.165) is 5.69 Å². The van der Waals surface area contributed by atoms with Crippen molar-refractivity contribution in [2.75, 3.05) is 5.32 Å². The molecule has 3 aromatic rings. The Hall–Kier alpha value is -3.03. The summed E-state index contributed by atoms with van der Waals surface area (Å²) in [6.07, 6.45) is 1.15. The van der Waals surface area contributed by atoms with Gasteiger partial charge in [0.1, 0.15) is 5.82 Å². The molecule has 0 atom stereocenters. The highest BCUT2D eigenvalue weighted by Gasteiger charge is 2.36. The number of rotatable bonds is 2. The van der Waals surface area contributed by atoms with Crippen LogP contribution in [0.3, 0.4) is 0 Å². The summed E-state index contributed by atoms with van der Waals surface area (Å²) in [5.41, 5.74) is 2.98. The topological polar surface area (TPSA) is 81.8 Å². The van der Waals surface area contributed by atoms with Gasteiger partial charge in [0.2, 0.25) is 5.91 Å². The third-order valence-electron chi connectivity index (χ3n) is 5.15. The molecule has 4 rings (SSSR count). The smallest absolute Gasteiger partial charge is 0.222 e. The number of anilines is 1. The summed E-state index contributed by atoms with van der Waals surface area (Å²) >= 11 is 0. The van der Waals surface area contributed by atoms with Crippen LogP contribution >= 0.6 is 0 Å². The van der Waals surface area contributed by atoms with Gasteiger partial charge in [-0.05, 0) is 24.8 Å². The molecule has 1 aromatic carbocycles. The molecule has 0 fully saturated rings. The van der Waals surface area contributed by atoms with Crippen molar-refractivity contribution >= 4 is 28.4 Å². The van der Waals surface area contributed by atoms with Crippen LogP contribution in [0.25, 0.3) is 16.6 Å². The Kier molecular flexibility index (Phi) is 3.92. The quantitative estimate of drug-likeness (QED) is 0.736. The van der Waals surface area contributed by atoms with Crippen molar-refractivity contribution < 1.29 is 14.0 Å². The van der Waals surface area contributed by atoms with E-state index >= 15 is 4.39 Å². The minimum atomic E-state index is -0.507. The molecule has 0 radical (unpaired) electrons. The first-order chi connectivity index (χ1) is 13.1. The molecule has 2 aromatic heterocycles. The first-order valence-electron chi connectivity index (χ1n) is 9.13. The Morgan fingerprint density at radius 3 is 2.64 bits per heavy atom. The Morgan fingerprint density at radius 1 is 1.25 bits per heavy atom. The molecule has 146 valence electrons. The number of halogens is 1. The number of hydrogen-bond donors (Lipinski definition) is 1. The molecular formula is C20H22FN5O2. The Balaban J connectivity index is 1.92. The molecule has 28 heavy (non-hydrogen) atoms. The highest BCUT2D eigenvalue weighted by molar-refractivity contribution is 6.01. The van der Waals surface area contributed by atoms with Gasteiger partial charge >= 0.3 is 0 Å². The number of ketones is 1. The van der Waals surface area contributed by atoms with E-state index in [9.17, 15) is 9.59 Å². The molecule has 0 aliphatic heterocycles. The number of Topliss-reactive ketones (excluding diaryl/α,β-unsaturated/α-hetero) is 1. The van der Waals surface area contributed by atoms with Gasteiger partial charge in [-0.1, -0.05) is 13.8 Å². The summed E-state index contributed by atoms with van der Waals surface area (Å²) in [5.74, 6) is -0.567. The molecular weight excluding hydrogens is 361 g/mol. The number of nitrogens with zero attached hydrogens (tertiary/aromatic N) is 4. The van der Waals surface area contributed by atoms with Crippen molar-refractivity contribution in [3.05, 3.63) is 34.9 Å². The number of fused-ring (bicyclic) bond motifs is 2. The van der Waals surface area contributed by atoms with Gasteiger partial charge in [-0.15, -0.1) is 0 Å². The van der Waals surface area contributed by atoms with Crippen LogP contribution in [-0.4, -0.2) is 31.3 Å². The third kappa shape index (κ3) is 2.80. The zero-order valence-electron chi connectivity index (χ0n) is 16.6. The minimum absolute atomic E-state index is 0.0741. The van der Waals surface area contributed by atoms with Crippen molar-refractivity contribution in [1.29, 1.82) is 0 Å². The van der Waals surface area contributed by atoms with E-state index < -0.39 is 5.82 Å². The molecule has 1 N–H and O–H groups in total. The van der Waals surface area contributed by atoms with Gasteiger partial charge < -0.3 is 5.32 Å². The van der Waals surface area contributed by atoms with E-state index in [1.807, 2.05) is 13.8 Å². The normalized spacial score (nSPS) is 15.7. The molecule has 1 amide bonds. The van der Waals surface area contributed by atoms with Crippen LogP contribution in [0.4, 0.5) is 10.2 Å². The summed E-state index contributed by atoms with van der Waals surface area (Å²) in [6.45, 7) is 7.25. The molecule has 8 heteroatoms. The lowest BCUT2D eigenvalue weighted by atomic mass is 9.75. The molecule has 0 spiro atoms. The lowest BCUT2D eigenvalue weighted by Gasteiger charge is -2.29. The highest BCUT2D eigenvalue weighted by Crippen LogP contribution is 2.37. The molecule has 0 saturated heterocycles. The van der Waals surface area contributed by atoms with Crippen LogP contribution in [-0.2, 0) is 18.3 Å². The third-order valence-corrected chi connectivity index (χ3v) is 5.15. The van der Waals surface area contributed by atoms with Crippen molar-refractivity contribution in [2.24, 2.45) is 12.5 Å². The van der Waals surface area contributed by atoms with E-state index in [4.69, 9.17) is 0 Å².